The first-order valence-electron chi connectivity index (χ1n) is 5.58. The molecule has 20 heavy (non-hydrogen) atoms. The molecule has 2 rings (SSSR count). The molecule has 102 valence electrons. The molecule has 0 atom stereocenters. The summed E-state index contributed by atoms with van der Waals surface area (Å²) in [6.45, 7) is 1.70. The van der Waals surface area contributed by atoms with Crippen LogP contribution in [0, 0.1) is 17.0 Å². The monoisotopic (exact) mass is 274 g/mol. The first kappa shape index (κ1) is 13.4. The van der Waals surface area contributed by atoms with E-state index in [1.54, 1.807) is 6.92 Å². The highest BCUT2D eigenvalue weighted by molar-refractivity contribution is 6.03. The third kappa shape index (κ3) is 2.86. The van der Waals surface area contributed by atoms with Gasteiger partial charge in [0, 0.05) is 18.2 Å². The van der Waals surface area contributed by atoms with Crippen molar-refractivity contribution in [1.82, 2.24) is 9.97 Å². The van der Waals surface area contributed by atoms with Crippen LogP contribution in [0.3, 0.4) is 0 Å². The van der Waals surface area contributed by atoms with Crippen molar-refractivity contribution in [3.8, 4) is 0 Å². The molecule has 1 aromatic heterocycles. The highest BCUT2D eigenvalue weighted by atomic mass is 16.6. The molecule has 1 heterocycles. The molecule has 0 aliphatic heterocycles. The number of aromatic nitrogens is 2. The molecule has 0 spiro atoms. The average molecular weight is 274 g/mol. The molecule has 0 aliphatic carbocycles. The van der Waals surface area contributed by atoms with Crippen molar-refractivity contribution < 1.29 is 9.72 Å². The van der Waals surface area contributed by atoms with Crippen LogP contribution in [-0.4, -0.2) is 20.8 Å². The Kier molecular flexibility index (Phi) is 3.56. The molecule has 0 fully saturated rings. The molecule has 2 N–H and O–H groups in total. The lowest BCUT2D eigenvalue weighted by atomic mass is 10.2. The SMILES string of the molecule is Cc1ccc([N+](=O)[O-])cc1NC(=O)c1cc(=O)[nH]cn1. The highest BCUT2D eigenvalue weighted by Gasteiger charge is 2.13. The van der Waals surface area contributed by atoms with Crippen LogP contribution < -0.4 is 10.9 Å². The molecule has 2 aromatic rings. The van der Waals surface area contributed by atoms with E-state index in [2.05, 4.69) is 15.3 Å². The number of hydrogen-bond acceptors (Lipinski definition) is 5. The van der Waals surface area contributed by atoms with Gasteiger partial charge in [-0.05, 0) is 12.5 Å². The van der Waals surface area contributed by atoms with Gasteiger partial charge in [0.05, 0.1) is 16.9 Å². The number of non-ortho nitro benzene ring substituents is 1. The number of nitrogens with one attached hydrogen (secondary N) is 2. The first-order chi connectivity index (χ1) is 9.47. The lowest BCUT2D eigenvalue weighted by molar-refractivity contribution is -0.384. The van der Waals surface area contributed by atoms with Crippen molar-refractivity contribution in [1.29, 1.82) is 0 Å². The van der Waals surface area contributed by atoms with Crippen molar-refractivity contribution in [2.24, 2.45) is 0 Å². The smallest absolute Gasteiger partial charge is 0.274 e. The number of aromatic amines is 1. The Hall–Kier alpha value is -3.03. The van der Waals surface area contributed by atoms with Gasteiger partial charge in [-0.25, -0.2) is 4.98 Å². The number of nitrogens with zero attached hydrogens (tertiary/aromatic N) is 2. The van der Waals surface area contributed by atoms with Crippen LogP contribution >= 0.6 is 0 Å². The number of carbonyl (C=O) groups excluding carboxylic acids is 1. The molecule has 0 aliphatic rings. The molecule has 8 heteroatoms. The van der Waals surface area contributed by atoms with E-state index in [9.17, 15) is 19.7 Å². The molecule has 0 unspecified atom stereocenters. The Morgan fingerprint density at radius 3 is 2.80 bits per heavy atom. The number of rotatable bonds is 3. The maximum absolute atomic E-state index is 11.9. The van der Waals surface area contributed by atoms with Crippen LogP contribution in [0.4, 0.5) is 11.4 Å². The minimum Gasteiger partial charge on any atom is -0.320 e. The second kappa shape index (κ2) is 5.31. The van der Waals surface area contributed by atoms with Crippen LogP contribution in [0.5, 0.6) is 0 Å². The second-order valence-corrected chi connectivity index (χ2v) is 4.01. The Morgan fingerprint density at radius 1 is 1.40 bits per heavy atom. The van der Waals surface area contributed by atoms with Crippen LogP contribution in [0.1, 0.15) is 16.1 Å². The van der Waals surface area contributed by atoms with Crippen molar-refractivity contribution in [2.75, 3.05) is 5.32 Å². The number of carbonyl (C=O) groups is 1. The number of anilines is 1. The maximum atomic E-state index is 11.9. The predicted octanol–water partition coefficient (Wildman–Crippen LogP) is 1.24. The van der Waals surface area contributed by atoms with Gasteiger partial charge in [0.1, 0.15) is 5.69 Å². The molecule has 0 saturated carbocycles. The van der Waals surface area contributed by atoms with Gasteiger partial charge in [-0.15, -0.1) is 0 Å². The van der Waals surface area contributed by atoms with E-state index in [0.717, 1.165) is 12.4 Å². The van der Waals surface area contributed by atoms with Crippen molar-refractivity contribution in [3.63, 3.8) is 0 Å². The lowest BCUT2D eigenvalue weighted by Crippen LogP contribution is -2.18. The summed E-state index contributed by atoms with van der Waals surface area (Å²) in [7, 11) is 0. The number of nitro groups is 1. The zero-order valence-corrected chi connectivity index (χ0v) is 10.4. The third-order valence-corrected chi connectivity index (χ3v) is 2.59. The van der Waals surface area contributed by atoms with Gasteiger partial charge in [-0.1, -0.05) is 6.07 Å². The van der Waals surface area contributed by atoms with E-state index in [0.29, 0.717) is 11.3 Å². The normalized spacial score (nSPS) is 10.1. The van der Waals surface area contributed by atoms with Gasteiger partial charge in [-0.3, -0.25) is 19.7 Å². The topological polar surface area (TPSA) is 118 Å². The van der Waals surface area contributed by atoms with Gasteiger partial charge in [-0.2, -0.15) is 0 Å². The molecular weight excluding hydrogens is 264 g/mol. The fraction of sp³-hybridized carbons (Fsp3) is 0.0833. The van der Waals surface area contributed by atoms with Gasteiger partial charge in [0.25, 0.3) is 17.2 Å². The molecule has 8 nitrogen and oxygen atoms in total. The second-order valence-electron chi connectivity index (χ2n) is 4.01. The summed E-state index contributed by atoms with van der Waals surface area (Å²) >= 11 is 0. The number of amides is 1. The van der Waals surface area contributed by atoms with Crippen molar-refractivity contribution in [3.05, 3.63) is 62.3 Å². The summed E-state index contributed by atoms with van der Waals surface area (Å²) in [5.41, 5.74) is 0.297. The fourth-order valence-electron chi connectivity index (χ4n) is 1.54. The molecular formula is C12H10N4O4. The minimum absolute atomic E-state index is 0.0698. The lowest BCUT2D eigenvalue weighted by Gasteiger charge is -2.07. The Morgan fingerprint density at radius 2 is 2.15 bits per heavy atom. The Bertz CT molecular complexity index is 738. The highest BCUT2D eigenvalue weighted by Crippen LogP contribution is 2.22. The summed E-state index contributed by atoms with van der Waals surface area (Å²) < 4.78 is 0. The van der Waals surface area contributed by atoms with Gasteiger partial charge < -0.3 is 10.3 Å². The van der Waals surface area contributed by atoms with E-state index in [-0.39, 0.29) is 11.4 Å². The quantitative estimate of drug-likeness (QED) is 0.644. The molecule has 0 bridgehead atoms. The summed E-state index contributed by atoms with van der Waals surface area (Å²) in [5, 5.41) is 13.2. The summed E-state index contributed by atoms with van der Waals surface area (Å²) in [5.74, 6) is -0.611. The maximum Gasteiger partial charge on any atom is 0.274 e. The number of benzene rings is 1. The largest absolute Gasteiger partial charge is 0.320 e. The van der Waals surface area contributed by atoms with E-state index in [4.69, 9.17) is 0 Å². The number of aryl methyl sites for hydroxylation is 1. The Balaban J connectivity index is 2.30. The number of H-pyrrole nitrogens is 1. The van der Waals surface area contributed by atoms with Crippen LogP contribution in [0.2, 0.25) is 0 Å². The summed E-state index contributed by atoms with van der Waals surface area (Å²) in [6, 6.07) is 5.16. The molecule has 1 aromatic carbocycles. The minimum atomic E-state index is -0.611. The zero-order valence-electron chi connectivity index (χ0n) is 10.4. The molecule has 0 radical (unpaired) electrons. The average Bonchev–Trinajstić information content (AvgIpc) is 2.41. The Labute approximate surface area is 112 Å². The van der Waals surface area contributed by atoms with Crippen molar-refractivity contribution >= 4 is 17.3 Å². The molecule has 1 amide bonds. The number of hydrogen-bond donors (Lipinski definition) is 2. The van der Waals surface area contributed by atoms with Gasteiger partial charge >= 0.3 is 0 Å². The van der Waals surface area contributed by atoms with Crippen LogP contribution in [0.15, 0.2) is 35.4 Å². The van der Waals surface area contributed by atoms with Crippen LogP contribution in [0.25, 0.3) is 0 Å². The van der Waals surface area contributed by atoms with E-state index < -0.39 is 16.4 Å². The van der Waals surface area contributed by atoms with Gasteiger partial charge in [0.15, 0.2) is 0 Å². The zero-order chi connectivity index (χ0) is 14.7. The summed E-state index contributed by atoms with van der Waals surface area (Å²) in [6.07, 6.45) is 1.11. The summed E-state index contributed by atoms with van der Waals surface area (Å²) in [4.78, 5) is 39.2. The number of nitro benzene ring substituents is 1. The van der Waals surface area contributed by atoms with E-state index >= 15 is 0 Å². The van der Waals surface area contributed by atoms with E-state index in [1.807, 2.05) is 0 Å². The van der Waals surface area contributed by atoms with Crippen molar-refractivity contribution in [2.45, 2.75) is 6.92 Å². The van der Waals surface area contributed by atoms with E-state index in [1.165, 1.54) is 18.2 Å². The fourth-order valence-corrected chi connectivity index (χ4v) is 1.54. The van der Waals surface area contributed by atoms with Crippen LogP contribution in [-0.2, 0) is 0 Å². The molecule has 0 saturated heterocycles. The standard InChI is InChI=1S/C12H10N4O4/c1-7-2-3-8(16(19)20)4-9(7)15-12(18)10-5-11(17)14-6-13-10/h2-6H,1H3,(H,15,18)(H,13,14,17). The first-order valence-corrected chi connectivity index (χ1v) is 5.58. The van der Waals surface area contributed by atoms with Gasteiger partial charge in [0.2, 0.25) is 0 Å². The third-order valence-electron chi connectivity index (χ3n) is 2.59. The predicted molar refractivity (Wildman–Crippen MR) is 70.6 cm³/mol.